The number of rotatable bonds is 2. The summed E-state index contributed by atoms with van der Waals surface area (Å²) in [7, 11) is 0. The molecule has 2 bridgehead atoms. The van der Waals surface area contributed by atoms with Crippen molar-refractivity contribution in [3.8, 4) is 11.5 Å². The first-order chi connectivity index (χ1) is 11.5. The Morgan fingerprint density at radius 2 is 2.21 bits per heavy atom. The van der Waals surface area contributed by atoms with Crippen molar-refractivity contribution in [3.63, 3.8) is 0 Å². The summed E-state index contributed by atoms with van der Waals surface area (Å²) in [6.07, 6.45) is 4.78. The van der Waals surface area contributed by atoms with Gasteiger partial charge in [0.05, 0.1) is 11.0 Å². The standard InChI is InChI=1S/C20H23NO3/c1-3-9-21-10-8-19-16-13-4-5-14(22)17(16)24-18(19)12(2)6-7-20(19,23)15(21)11-13/h3-5,15,18,22-23H,1-2,6-11H2/t15-,18?,19+,20?/m0/s1. The lowest BCUT2D eigenvalue weighted by molar-refractivity contribution is -0.171. The Balaban J connectivity index is 1.80. The summed E-state index contributed by atoms with van der Waals surface area (Å²) < 4.78 is 6.23. The molecule has 126 valence electrons. The molecule has 4 heteroatoms. The molecule has 2 unspecified atom stereocenters. The molecule has 1 aromatic rings. The van der Waals surface area contributed by atoms with Gasteiger partial charge in [0.1, 0.15) is 6.10 Å². The van der Waals surface area contributed by atoms with Gasteiger partial charge in [-0.3, -0.25) is 4.90 Å². The molecule has 1 saturated heterocycles. The third kappa shape index (κ3) is 1.39. The predicted molar refractivity (Wildman–Crippen MR) is 91.4 cm³/mol. The molecule has 24 heavy (non-hydrogen) atoms. The number of benzene rings is 1. The topological polar surface area (TPSA) is 52.9 Å². The zero-order chi connectivity index (χ0) is 16.7. The number of nitrogens with zero attached hydrogens (tertiary/aromatic N) is 1. The van der Waals surface area contributed by atoms with Crippen LogP contribution < -0.4 is 4.74 Å². The molecule has 0 amide bonds. The molecule has 0 radical (unpaired) electrons. The smallest absolute Gasteiger partial charge is 0.166 e. The molecular weight excluding hydrogens is 302 g/mol. The highest BCUT2D eigenvalue weighted by Gasteiger charge is 2.71. The lowest BCUT2D eigenvalue weighted by Gasteiger charge is -2.63. The van der Waals surface area contributed by atoms with E-state index in [0.29, 0.717) is 12.2 Å². The molecule has 1 spiro atoms. The minimum atomic E-state index is -0.841. The van der Waals surface area contributed by atoms with Crippen LogP contribution in [0.3, 0.4) is 0 Å². The first kappa shape index (κ1) is 14.6. The molecule has 2 aliphatic heterocycles. The van der Waals surface area contributed by atoms with E-state index in [1.54, 1.807) is 6.07 Å². The molecule has 1 saturated carbocycles. The summed E-state index contributed by atoms with van der Waals surface area (Å²) in [4.78, 5) is 2.36. The number of aliphatic hydroxyl groups is 1. The van der Waals surface area contributed by atoms with E-state index in [2.05, 4.69) is 18.1 Å². The number of aromatic hydroxyl groups is 1. The van der Waals surface area contributed by atoms with E-state index in [0.717, 1.165) is 43.5 Å². The largest absolute Gasteiger partial charge is 0.504 e. The van der Waals surface area contributed by atoms with Gasteiger partial charge in [-0.1, -0.05) is 18.7 Å². The molecule has 5 rings (SSSR count). The summed E-state index contributed by atoms with van der Waals surface area (Å²) in [5, 5.41) is 22.3. The first-order valence-electron chi connectivity index (χ1n) is 8.80. The Bertz CT molecular complexity index is 772. The predicted octanol–water partition coefficient (Wildman–Crippen LogP) is 2.29. The fraction of sp³-hybridized carbons (Fsp3) is 0.500. The highest BCUT2D eigenvalue weighted by atomic mass is 16.5. The van der Waals surface area contributed by atoms with Crippen molar-refractivity contribution < 1.29 is 14.9 Å². The monoisotopic (exact) mass is 325 g/mol. The normalized spacial score (nSPS) is 39.3. The second kappa shape index (κ2) is 4.44. The van der Waals surface area contributed by atoms with Crippen molar-refractivity contribution >= 4 is 0 Å². The number of phenols is 1. The third-order valence-corrected chi connectivity index (χ3v) is 6.89. The molecule has 1 aromatic carbocycles. The molecule has 2 aliphatic carbocycles. The number of piperidine rings is 1. The van der Waals surface area contributed by atoms with Crippen LogP contribution in [0.5, 0.6) is 11.5 Å². The van der Waals surface area contributed by atoms with Crippen molar-refractivity contribution in [1.82, 2.24) is 4.90 Å². The van der Waals surface area contributed by atoms with Gasteiger partial charge < -0.3 is 14.9 Å². The molecule has 0 aromatic heterocycles. The number of ether oxygens (including phenoxy) is 1. The SMILES string of the molecule is C=CCN1CC[C@@]23c4c5ccc(O)c4OC2C(=C)CCC3(O)[C@@H]1C5. The van der Waals surface area contributed by atoms with Crippen molar-refractivity contribution in [1.29, 1.82) is 0 Å². The Morgan fingerprint density at radius 1 is 1.38 bits per heavy atom. The maximum absolute atomic E-state index is 11.9. The molecular formula is C20H23NO3. The van der Waals surface area contributed by atoms with Crippen LogP contribution in [-0.4, -0.2) is 45.9 Å². The average Bonchev–Trinajstić information content (AvgIpc) is 2.91. The summed E-state index contributed by atoms with van der Waals surface area (Å²) in [6, 6.07) is 3.79. The van der Waals surface area contributed by atoms with E-state index in [9.17, 15) is 10.2 Å². The number of hydrogen-bond acceptors (Lipinski definition) is 4. The van der Waals surface area contributed by atoms with Gasteiger partial charge in [-0.25, -0.2) is 0 Å². The van der Waals surface area contributed by atoms with Gasteiger partial charge in [-0.15, -0.1) is 6.58 Å². The zero-order valence-corrected chi connectivity index (χ0v) is 13.8. The van der Waals surface area contributed by atoms with E-state index in [1.807, 2.05) is 12.1 Å². The van der Waals surface area contributed by atoms with Crippen LogP contribution in [0.25, 0.3) is 0 Å². The zero-order valence-electron chi connectivity index (χ0n) is 13.8. The second-order valence-corrected chi connectivity index (χ2v) is 7.75. The summed E-state index contributed by atoms with van der Waals surface area (Å²) in [5.41, 5.74) is 1.98. The van der Waals surface area contributed by atoms with Crippen LogP contribution in [-0.2, 0) is 11.8 Å². The summed E-state index contributed by atoms with van der Waals surface area (Å²) >= 11 is 0. The Morgan fingerprint density at radius 3 is 3.00 bits per heavy atom. The minimum absolute atomic E-state index is 0.0615. The highest BCUT2D eigenvalue weighted by molar-refractivity contribution is 5.63. The van der Waals surface area contributed by atoms with Crippen LogP contribution >= 0.6 is 0 Å². The molecule has 4 aliphatic rings. The number of likely N-dealkylation sites (tertiary alicyclic amines) is 1. The minimum Gasteiger partial charge on any atom is -0.504 e. The van der Waals surface area contributed by atoms with E-state index < -0.39 is 11.0 Å². The first-order valence-corrected chi connectivity index (χ1v) is 8.80. The fourth-order valence-corrected chi connectivity index (χ4v) is 5.93. The van der Waals surface area contributed by atoms with Gasteiger partial charge >= 0.3 is 0 Å². The van der Waals surface area contributed by atoms with E-state index in [1.165, 1.54) is 5.56 Å². The van der Waals surface area contributed by atoms with Gasteiger partial charge in [0.25, 0.3) is 0 Å². The molecule has 2 fully saturated rings. The van der Waals surface area contributed by atoms with E-state index >= 15 is 0 Å². The average molecular weight is 325 g/mol. The summed E-state index contributed by atoms with van der Waals surface area (Å²) in [5.74, 6) is 0.759. The van der Waals surface area contributed by atoms with Crippen LogP contribution in [0.15, 0.2) is 36.9 Å². The van der Waals surface area contributed by atoms with Crippen molar-refractivity contribution in [2.45, 2.75) is 48.8 Å². The van der Waals surface area contributed by atoms with Gasteiger partial charge in [0.2, 0.25) is 0 Å². The third-order valence-electron chi connectivity index (χ3n) is 6.89. The summed E-state index contributed by atoms with van der Waals surface area (Å²) in [6.45, 7) is 9.81. The molecule has 2 heterocycles. The van der Waals surface area contributed by atoms with Crippen molar-refractivity contribution in [2.75, 3.05) is 13.1 Å². The Hall–Kier alpha value is -1.78. The highest BCUT2D eigenvalue weighted by Crippen LogP contribution is 2.66. The molecule has 4 nitrogen and oxygen atoms in total. The lowest BCUT2D eigenvalue weighted by atomic mass is 9.48. The van der Waals surface area contributed by atoms with Crippen LogP contribution in [0.2, 0.25) is 0 Å². The second-order valence-electron chi connectivity index (χ2n) is 7.75. The van der Waals surface area contributed by atoms with Crippen molar-refractivity contribution in [2.24, 2.45) is 0 Å². The quantitative estimate of drug-likeness (QED) is 0.819. The van der Waals surface area contributed by atoms with Crippen molar-refractivity contribution in [3.05, 3.63) is 48.1 Å². The Labute approximate surface area is 142 Å². The van der Waals surface area contributed by atoms with Gasteiger partial charge in [-0.05, 0) is 42.9 Å². The molecule has 2 N–H and O–H groups in total. The number of hydrogen-bond donors (Lipinski definition) is 2. The van der Waals surface area contributed by atoms with Gasteiger partial charge in [0.15, 0.2) is 11.5 Å². The van der Waals surface area contributed by atoms with Crippen LogP contribution in [0.1, 0.15) is 30.4 Å². The Kier molecular flexibility index (Phi) is 2.69. The van der Waals surface area contributed by atoms with Crippen LogP contribution in [0, 0.1) is 0 Å². The maximum atomic E-state index is 11.9. The lowest BCUT2D eigenvalue weighted by Crippen LogP contribution is -2.75. The van der Waals surface area contributed by atoms with E-state index in [4.69, 9.17) is 4.74 Å². The van der Waals surface area contributed by atoms with Gasteiger partial charge in [0, 0.05) is 24.7 Å². The maximum Gasteiger partial charge on any atom is 0.166 e. The van der Waals surface area contributed by atoms with Gasteiger partial charge in [-0.2, -0.15) is 0 Å². The molecule has 4 atom stereocenters. The fourth-order valence-electron chi connectivity index (χ4n) is 5.93. The number of phenolic OH excluding ortho intramolecular Hbond substituents is 1. The van der Waals surface area contributed by atoms with Crippen LogP contribution in [0.4, 0.5) is 0 Å². The van der Waals surface area contributed by atoms with E-state index in [-0.39, 0.29) is 17.9 Å².